The van der Waals surface area contributed by atoms with Crippen LogP contribution in [0.1, 0.15) is 78.1 Å². The first-order chi connectivity index (χ1) is 65.4. The maximum absolute atomic E-state index is 10.1. The van der Waals surface area contributed by atoms with Crippen molar-refractivity contribution in [3.63, 3.8) is 0 Å². The van der Waals surface area contributed by atoms with Crippen LogP contribution in [-0.2, 0) is 189 Å². The van der Waals surface area contributed by atoms with Crippen molar-refractivity contribution in [2.45, 2.75) is 105 Å². The Morgan fingerprint density at radius 3 is 0.826 bits per heavy atom. The molecule has 20 rings (SSSR count). The van der Waals surface area contributed by atoms with Gasteiger partial charge in [0.25, 0.3) is 23.0 Å². The van der Waals surface area contributed by atoms with E-state index in [4.69, 9.17) is 28.4 Å². The van der Waals surface area contributed by atoms with Crippen LogP contribution >= 0.6 is 0 Å². The average molecular weight is 2530 g/mol. The molecular weight excluding hydrogens is 2420 g/mol. The van der Waals surface area contributed by atoms with E-state index in [1.54, 1.807) is 42.7 Å². The van der Waals surface area contributed by atoms with Crippen LogP contribution in [0.25, 0.3) is 133 Å². The summed E-state index contributed by atoms with van der Waals surface area (Å²) in [6.07, 6.45) is 3.19. The van der Waals surface area contributed by atoms with E-state index in [1.165, 1.54) is 16.7 Å². The van der Waals surface area contributed by atoms with Crippen molar-refractivity contribution in [1.29, 1.82) is 10.5 Å². The zero-order valence-electron chi connectivity index (χ0n) is 78.5. The second kappa shape index (κ2) is 45.4. The Kier molecular flexibility index (Phi) is 34.0. The van der Waals surface area contributed by atoms with Crippen LogP contribution in [0.2, 0.25) is 0 Å². The molecule has 26 heteroatoms. The number of aliphatic hydroxyl groups is 8. The third-order valence-electron chi connectivity index (χ3n) is 26.5. The van der Waals surface area contributed by atoms with E-state index in [0.717, 1.165) is 227 Å². The molecule has 0 saturated heterocycles. The fourth-order valence-corrected chi connectivity index (χ4v) is 20.1. The topological polar surface area (TPSA) is 287 Å². The molecule has 12 aromatic carbocycles. The minimum atomic E-state index is -0.196. The molecule has 4 aliphatic rings. The number of anilines is 2. The standard InChI is InChI=1S/C29H31N2O4.C28H25N2O4.C28H29N2O3.C27H23N2O3.4W/c1-30(2)29-24-13-21(17-33)20(16-32)12-19(24)14-26-25-15-23(18-8-6-5-7-9-18)28(35-4)27(34-3)22(25)10-11-31(26)29;1-33-27-21-8-9-30-25(24(21)13-23(28(27)34-2)17-6-4-3-5-7-17)12-18-10-19(15-31)20(16-32)11-22(18)26(30)14-29;1-29(2)28-25-12-22(17-32)21(16-31)11-20(25)13-26-23-15-24(18-7-5-4-6-8-18)27(33-3)14-19(23)9-10-30(26)28;1-32-27-12-18-7-8-29-25(23(18)13-24(27)17-5-3-2-4-6-17)11-19-9-20(15-30)21(16-31)10-22(19)26(29)14-28;;;;/h5-9,12-15,32-33H,10-11,16-17H2,1-4H3;3-7,10-13,31-32H,8-9,15-16H2,1-2H3;4-8,11-15,31-32H,9-10,16-17H2,1-3H3;2-6,9-13,30-31H,7-8,15-16H2,1H3;;;;/q4*+1;;;;. The van der Waals surface area contributed by atoms with E-state index < -0.39 is 0 Å². The van der Waals surface area contributed by atoms with Crippen LogP contribution in [0, 0.1) is 22.7 Å². The van der Waals surface area contributed by atoms with Gasteiger partial charge in [0.1, 0.15) is 22.9 Å². The summed E-state index contributed by atoms with van der Waals surface area (Å²) in [5.41, 5.74) is 28.0. The summed E-state index contributed by atoms with van der Waals surface area (Å²) in [4.78, 5) is 4.26. The molecule has 0 bridgehead atoms. The number of aryl methyl sites for hydroxylation is 2. The molecule has 0 saturated carbocycles. The van der Waals surface area contributed by atoms with Gasteiger partial charge in [0.05, 0.1) is 169 Å². The van der Waals surface area contributed by atoms with E-state index in [0.29, 0.717) is 64.7 Å². The van der Waals surface area contributed by atoms with Gasteiger partial charge in [-0.1, -0.05) is 121 Å². The van der Waals surface area contributed by atoms with E-state index in [1.807, 2.05) is 152 Å². The van der Waals surface area contributed by atoms with Gasteiger partial charge in [-0.25, -0.2) is 9.13 Å². The van der Waals surface area contributed by atoms with Crippen molar-refractivity contribution in [2.75, 3.05) is 80.6 Å². The van der Waals surface area contributed by atoms with Crippen LogP contribution in [0.5, 0.6) is 34.5 Å². The molecule has 0 fully saturated rings. The summed E-state index contributed by atoms with van der Waals surface area (Å²) in [7, 11) is 18.3. The predicted octanol–water partition coefficient (Wildman–Crippen LogP) is 15.9. The molecule has 8 heterocycles. The maximum atomic E-state index is 10.1. The van der Waals surface area contributed by atoms with E-state index in [2.05, 4.69) is 147 Å². The number of methoxy groups -OCH3 is 6. The molecule has 22 nitrogen and oxygen atoms in total. The Labute approximate surface area is 860 Å². The van der Waals surface area contributed by atoms with Gasteiger partial charge in [-0.2, -0.15) is 19.7 Å². The predicted molar refractivity (Wildman–Crippen MR) is 520 cm³/mol. The number of benzene rings is 12. The summed E-state index contributed by atoms with van der Waals surface area (Å²) in [6.45, 7) is 1.80. The molecule has 0 spiro atoms. The van der Waals surface area contributed by atoms with Crippen molar-refractivity contribution in [2.24, 2.45) is 0 Å². The van der Waals surface area contributed by atoms with Gasteiger partial charge in [0, 0.05) is 167 Å². The number of nitrogens with zero attached hydrogens (tertiary/aromatic N) is 8. The first kappa shape index (κ1) is 103. The Morgan fingerprint density at radius 1 is 0.275 bits per heavy atom. The van der Waals surface area contributed by atoms with Gasteiger partial charge in [0.2, 0.25) is 11.4 Å². The van der Waals surface area contributed by atoms with E-state index in [-0.39, 0.29) is 137 Å². The van der Waals surface area contributed by atoms with Crippen LogP contribution in [0.15, 0.2) is 231 Å². The number of ether oxygens (including phenoxy) is 6. The largest absolute Gasteiger partial charge is 0.496 e. The van der Waals surface area contributed by atoms with E-state index in [9.17, 15) is 51.4 Å². The third kappa shape index (κ3) is 19.3. The number of rotatable bonds is 20. The summed E-state index contributed by atoms with van der Waals surface area (Å²) >= 11 is 0. The molecular formula is C112H108N8O14W4+4. The quantitative estimate of drug-likeness (QED) is 0.0329. The summed E-state index contributed by atoms with van der Waals surface area (Å²) in [5, 5.41) is 106. The zero-order valence-corrected chi connectivity index (χ0v) is 90.2. The van der Waals surface area contributed by atoms with E-state index >= 15 is 0 Å². The fraction of sp³-hybridized carbons (Fsp3) is 0.232. The SMILES string of the molecule is COc1c(-c2ccccc2)cc2c(c1OC)CC[n+]1c-2cc2cc(CO)c(CO)cc2c1C#N.COc1c(-c2ccccc2)cc2c(c1OC)CC[n+]1c-2cc2cc(CO)c(CO)cc2c1N(C)C.COc1cc2c(cc1-c1ccccc1)-c1cc3cc(CO)c(CO)cc3c(C#N)[n+]1CC2.COc1cc2c(cc1-c1ccccc1)-c1cc3cc(CO)c(CO)cc3c(N(C)C)[n+]1CC2.[W].[W].[W].[W]. The first-order valence-corrected chi connectivity index (χ1v) is 44.7. The number of fused-ring (bicyclic) bond motifs is 16. The minimum absolute atomic E-state index is 0. The minimum Gasteiger partial charge on any atom is -0.496 e. The van der Waals surface area contributed by atoms with Gasteiger partial charge in [-0.3, -0.25) is 9.80 Å². The normalized spacial score (nSPS) is 11.9. The summed E-state index contributed by atoms with van der Waals surface area (Å²) < 4.78 is 43.8. The Bertz CT molecular complexity index is 7370. The van der Waals surface area contributed by atoms with Crippen molar-refractivity contribution >= 4 is 54.7 Å². The number of pyridine rings is 4. The average Bonchev–Trinajstić information content (AvgIpc) is 0.735. The van der Waals surface area contributed by atoms with Crippen molar-refractivity contribution in [1.82, 2.24) is 0 Å². The second-order valence-electron chi connectivity index (χ2n) is 34.1. The number of nitriles is 2. The van der Waals surface area contributed by atoms with Gasteiger partial charge in [0.15, 0.2) is 48.2 Å². The second-order valence-corrected chi connectivity index (χ2v) is 34.1. The van der Waals surface area contributed by atoms with Gasteiger partial charge in [-0.05, 0) is 196 Å². The van der Waals surface area contributed by atoms with Gasteiger partial charge in [-0.15, -0.1) is 0 Å². The smallest absolute Gasteiger partial charge is 0.291 e. The number of hydrogen-bond acceptors (Lipinski definition) is 18. The molecule has 4 aliphatic heterocycles. The van der Waals surface area contributed by atoms with Crippen LogP contribution in [0.4, 0.5) is 11.6 Å². The molecule has 138 heavy (non-hydrogen) atoms. The molecule has 16 aromatic rings. The monoisotopic (exact) mass is 2520 g/mol. The van der Waals surface area contributed by atoms with Crippen molar-refractivity contribution in [3.8, 4) is 136 Å². The summed E-state index contributed by atoms with van der Waals surface area (Å²) in [6, 6.07) is 82.3. The van der Waals surface area contributed by atoms with Crippen LogP contribution in [-0.4, -0.2) is 112 Å². The van der Waals surface area contributed by atoms with Crippen LogP contribution < -0.4 is 56.5 Å². The molecule has 8 N–H and O–H groups in total. The first-order valence-electron chi connectivity index (χ1n) is 44.7. The Balaban J connectivity index is 0.000000154. The number of hydrogen-bond donors (Lipinski definition) is 8. The molecule has 700 valence electrons. The third-order valence-corrected chi connectivity index (χ3v) is 26.5. The number of aliphatic hydroxyl groups excluding tert-OH is 8. The van der Waals surface area contributed by atoms with Gasteiger partial charge < -0.3 is 69.3 Å². The Morgan fingerprint density at radius 2 is 0.529 bits per heavy atom. The maximum Gasteiger partial charge on any atom is 0.291 e. The zero-order chi connectivity index (χ0) is 93.9. The number of aromatic nitrogens is 4. The molecule has 4 aromatic heterocycles. The molecule has 0 amide bonds. The molecule has 0 radical (unpaired) electrons. The fourth-order valence-electron chi connectivity index (χ4n) is 20.1. The molecule has 0 atom stereocenters. The molecule has 0 aliphatic carbocycles. The van der Waals surface area contributed by atoms with Gasteiger partial charge >= 0.3 is 0 Å². The van der Waals surface area contributed by atoms with Crippen molar-refractivity contribution < 1.29 is 172 Å². The van der Waals surface area contributed by atoms with Crippen molar-refractivity contribution in [3.05, 3.63) is 309 Å². The Hall–Kier alpha value is -11.9. The molecule has 0 unspecified atom stereocenters. The summed E-state index contributed by atoms with van der Waals surface area (Å²) in [5.74, 6) is 6.80. The van der Waals surface area contributed by atoms with Crippen LogP contribution in [0.3, 0.4) is 0 Å².